The monoisotopic (exact) mass is 638 g/mol. The maximum absolute atomic E-state index is 11.1. The third kappa shape index (κ3) is 11.1. The number of ketones is 1. The van der Waals surface area contributed by atoms with Crippen molar-refractivity contribution in [3.05, 3.63) is 131 Å². The molecule has 1 atom stereocenters. The number of carbonyl (C=O) groups excluding carboxylic acids is 1. The van der Waals surface area contributed by atoms with Crippen LogP contribution in [0.5, 0.6) is 11.5 Å². The van der Waals surface area contributed by atoms with Gasteiger partial charge in [0.25, 0.3) is 0 Å². The molecule has 9 heteroatoms. The van der Waals surface area contributed by atoms with Gasteiger partial charge in [0.1, 0.15) is 24.7 Å². The van der Waals surface area contributed by atoms with E-state index in [1.165, 1.54) is 5.56 Å². The van der Waals surface area contributed by atoms with E-state index in [9.17, 15) is 14.4 Å². The molecular formula is C38H42N2O7. The Morgan fingerprint density at radius 3 is 1.51 bits per heavy atom. The summed E-state index contributed by atoms with van der Waals surface area (Å²) in [6.45, 7) is 7.32. The van der Waals surface area contributed by atoms with Gasteiger partial charge in [0, 0.05) is 37.8 Å². The van der Waals surface area contributed by atoms with Gasteiger partial charge in [-0.1, -0.05) is 72.8 Å². The van der Waals surface area contributed by atoms with Gasteiger partial charge in [-0.15, -0.1) is 0 Å². The van der Waals surface area contributed by atoms with Crippen molar-refractivity contribution in [1.29, 1.82) is 0 Å². The second-order valence-corrected chi connectivity index (χ2v) is 11.6. The quantitative estimate of drug-likeness (QED) is 0.167. The van der Waals surface area contributed by atoms with Gasteiger partial charge in [0.15, 0.2) is 5.78 Å². The van der Waals surface area contributed by atoms with Crippen LogP contribution in [0.2, 0.25) is 0 Å². The second kappa shape index (κ2) is 17.6. The summed E-state index contributed by atoms with van der Waals surface area (Å²) in [5.41, 5.74) is 4.16. The van der Waals surface area contributed by atoms with E-state index in [-0.39, 0.29) is 23.7 Å². The van der Waals surface area contributed by atoms with Crippen LogP contribution in [-0.4, -0.2) is 59.0 Å². The molecule has 3 N–H and O–H groups in total. The highest BCUT2D eigenvalue weighted by atomic mass is 16.5. The number of likely N-dealkylation sites (tertiary alicyclic amines) is 1. The summed E-state index contributed by atoms with van der Waals surface area (Å²) >= 11 is 0. The second-order valence-electron chi connectivity index (χ2n) is 11.6. The SMILES string of the molecule is CC(=O)c1ccc(OCc2ccccc2)cc1.CC(c1ccc(OCc2ccccc2)cc1)N1CC(C(=O)O)C1.O=C(O)C1CNC1. The number of carboxylic acid groups (broad SMARTS) is 2. The highest BCUT2D eigenvalue weighted by Gasteiger charge is 2.35. The highest BCUT2D eigenvalue weighted by Crippen LogP contribution is 2.29. The van der Waals surface area contributed by atoms with Gasteiger partial charge >= 0.3 is 11.9 Å². The van der Waals surface area contributed by atoms with Crippen LogP contribution >= 0.6 is 0 Å². The maximum atomic E-state index is 11.1. The molecule has 4 aromatic rings. The van der Waals surface area contributed by atoms with E-state index < -0.39 is 11.9 Å². The number of nitrogens with zero attached hydrogens (tertiary/aromatic N) is 1. The van der Waals surface area contributed by atoms with Gasteiger partial charge in [0.2, 0.25) is 0 Å². The summed E-state index contributed by atoms with van der Waals surface area (Å²) in [6.07, 6.45) is 0. The average molecular weight is 639 g/mol. The smallest absolute Gasteiger partial charge is 0.309 e. The number of aliphatic carboxylic acids is 2. The number of hydrogen-bond donors (Lipinski definition) is 3. The Hall–Kier alpha value is -4.99. The minimum absolute atomic E-state index is 0.0691. The molecule has 0 aliphatic carbocycles. The first kappa shape index (κ1) is 34.9. The third-order valence-corrected chi connectivity index (χ3v) is 8.06. The van der Waals surface area contributed by atoms with Crippen LogP contribution in [0.25, 0.3) is 0 Å². The van der Waals surface area contributed by atoms with Gasteiger partial charge in [0.05, 0.1) is 11.8 Å². The summed E-state index contributed by atoms with van der Waals surface area (Å²) < 4.78 is 11.4. The summed E-state index contributed by atoms with van der Waals surface area (Å²) in [4.78, 5) is 34.1. The number of carboxylic acids is 2. The summed E-state index contributed by atoms with van der Waals surface area (Å²) in [5, 5.41) is 20.0. The van der Waals surface area contributed by atoms with Crippen molar-refractivity contribution in [1.82, 2.24) is 10.2 Å². The molecule has 0 bridgehead atoms. The first-order valence-electron chi connectivity index (χ1n) is 15.6. The van der Waals surface area contributed by atoms with Crippen LogP contribution in [0.4, 0.5) is 0 Å². The number of rotatable bonds is 11. The van der Waals surface area contributed by atoms with Gasteiger partial charge < -0.3 is 25.0 Å². The van der Waals surface area contributed by atoms with Crippen molar-refractivity contribution in [2.75, 3.05) is 26.2 Å². The van der Waals surface area contributed by atoms with Gasteiger partial charge in [-0.25, -0.2) is 0 Å². The highest BCUT2D eigenvalue weighted by molar-refractivity contribution is 5.94. The minimum Gasteiger partial charge on any atom is -0.489 e. The Kier molecular flexibility index (Phi) is 13.1. The van der Waals surface area contributed by atoms with E-state index in [0.717, 1.165) is 22.6 Å². The topological polar surface area (TPSA) is 125 Å². The molecular weight excluding hydrogens is 596 g/mol. The molecule has 4 aromatic carbocycles. The van der Waals surface area contributed by atoms with E-state index >= 15 is 0 Å². The van der Waals surface area contributed by atoms with Crippen LogP contribution in [0.1, 0.15) is 46.9 Å². The van der Waals surface area contributed by atoms with Crippen molar-refractivity contribution >= 4 is 17.7 Å². The molecule has 9 nitrogen and oxygen atoms in total. The van der Waals surface area contributed by atoms with Crippen LogP contribution in [0.15, 0.2) is 109 Å². The molecule has 0 spiro atoms. The summed E-state index contributed by atoms with van der Waals surface area (Å²) in [7, 11) is 0. The average Bonchev–Trinajstić information content (AvgIpc) is 3.03. The van der Waals surface area contributed by atoms with Crippen LogP contribution in [0.3, 0.4) is 0 Å². The lowest BCUT2D eigenvalue weighted by Crippen LogP contribution is -2.51. The van der Waals surface area contributed by atoms with Crippen molar-refractivity contribution in [2.45, 2.75) is 33.1 Å². The fourth-order valence-electron chi connectivity index (χ4n) is 4.77. The van der Waals surface area contributed by atoms with Gasteiger partial charge in [-0.2, -0.15) is 0 Å². The molecule has 2 fully saturated rings. The molecule has 2 aliphatic rings. The summed E-state index contributed by atoms with van der Waals surface area (Å²) in [5.74, 6) is -0.0157. The van der Waals surface area contributed by atoms with Crippen molar-refractivity contribution in [3.8, 4) is 11.5 Å². The zero-order valence-corrected chi connectivity index (χ0v) is 26.7. The fraction of sp³-hybridized carbons (Fsp3) is 0.289. The third-order valence-electron chi connectivity index (χ3n) is 8.06. The zero-order chi connectivity index (χ0) is 33.6. The molecule has 6 rings (SSSR count). The number of Topliss-reactive ketones (excluding diaryl/α,β-unsaturated/α-hetero) is 1. The predicted molar refractivity (Wildman–Crippen MR) is 180 cm³/mol. The number of benzene rings is 4. The van der Waals surface area contributed by atoms with E-state index in [1.54, 1.807) is 19.1 Å². The predicted octanol–water partition coefficient (Wildman–Crippen LogP) is 6.10. The number of carbonyl (C=O) groups is 3. The minimum atomic E-state index is -0.696. The number of hydrogen-bond acceptors (Lipinski definition) is 7. The lowest BCUT2D eigenvalue weighted by Gasteiger charge is -2.41. The largest absolute Gasteiger partial charge is 0.489 e. The molecule has 0 saturated carbocycles. The van der Waals surface area contributed by atoms with Crippen LogP contribution < -0.4 is 14.8 Å². The lowest BCUT2D eigenvalue weighted by molar-refractivity contribution is -0.148. The van der Waals surface area contributed by atoms with Crippen molar-refractivity contribution < 1.29 is 34.1 Å². The van der Waals surface area contributed by atoms with E-state index in [0.29, 0.717) is 45.0 Å². The Labute approximate surface area is 275 Å². The molecule has 2 heterocycles. The van der Waals surface area contributed by atoms with Gasteiger partial charge in [-0.05, 0) is 66.9 Å². The Balaban J connectivity index is 0.000000182. The maximum Gasteiger partial charge on any atom is 0.309 e. The molecule has 47 heavy (non-hydrogen) atoms. The zero-order valence-electron chi connectivity index (χ0n) is 26.7. The molecule has 0 amide bonds. The Bertz CT molecular complexity index is 1550. The fourth-order valence-corrected chi connectivity index (χ4v) is 4.77. The van der Waals surface area contributed by atoms with Crippen molar-refractivity contribution in [3.63, 3.8) is 0 Å². The molecule has 246 valence electrons. The molecule has 2 saturated heterocycles. The number of ether oxygens (including phenoxy) is 2. The molecule has 0 radical (unpaired) electrons. The Morgan fingerprint density at radius 2 is 1.15 bits per heavy atom. The molecule has 0 aromatic heterocycles. The van der Waals surface area contributed by atoms with Crippen LogP contribution in [-0.2, 0) is 22.8 Å². The lowest BCUT2D eigenvalue weighted by atomic mass is 9.95. The van der Waals surface area contributed by atoms with E-state index in [1.807, 2.05) is 84.9 Å². The molecule has 2 aliphatic heterocycles. The van der Waals surface area contributed by atoms with Crippen molar-refractivity contribution in [2.24, 2.45) is 11.8 Å². The first-order chi connectivity index (χ1) is 22.7. The van der Waals surface area contributed by atoms with E-state index in [2.05, 4.69) is 29.3 Å². The summed E-state index contributed by atoms with van der Waals surface area (Å²) in [6, 6.07) is 35.5. The number of nitrogens with one attached hydrogen (secondary N) is 1. The molecule has 1 unspecified atom stereocenters. The van der Waals surface area contributed by atoms with E-state index in [4.69, 9.17) is 19.7 Å². The van der Waals surface area contributed by atoms with Crippen LogP contribution in [0, 0.1) is 11.8 Å². The first-order valence-corrected chi connectivity index (χ1v) is 15.6. The Morgan fingerprint density at radius 1 is 0.702 bits per heavy atom. The standard InChI is InChI=1S/C19H21NO3.C15H14O2.C4H7NO2/c1-14(20-11-17(12-20)19(21)22)16-7-9-18(10-8-16)23-13-15-5-3-2-4-6-15;1-12(16)14-7-9-15(10-8-14)17-11-13-5-3-2-4-6-13;6-4(7)3-1-5-2-3/h2-10,14,17H,11-13H2,1H3,(H,21,22);2-10H,11H2,1H3;3,5H,1-2H2,(H,6,7). The normalized spacial score (nSPS) is 14.9. The van der Waals surface area contributed by atoms with Gasteiger partial charge in [-0.3, -0.25) is 19.3 Å².